The summed E-state index contributed by atoms with van der Waals surface area (Å²) in [6, 6.07) is 0.0179. The average molecular weight is 327 g/mol. The molecule has 7 heteroatoms. The van der Waals surface area contributed by atoms with Crippen molar-refractivity contribution in [3.63, 3.8) is 0 Å². The third kappa shape index (κ3) is 2.80. The fourth-order valence-electron chi connectivity index (χ4n) is 2.17. The third-order valence-electron chi connectivity index (χ3n) is 3.45. The smallest absolute Gasteiger partial charge is 0.283 e. The fraction of sp³-hybridized carbons (Fsp3) is 0.583. The van der Waals surface area contributed by atoms with Crippen molar-refractivity contribution in [3.8, 4) is 0 Å². The highest BCUT2D eigenvalue weighted by Gasteiger charge is 2.25. The van der Waals surface area contributed by atoms with Gasteiger partial charge in [0.1, 0.15) is 4.47 Å². The molecular formula is C12H15BrN4O2. The molecule has 1 aromatic heterocycles. The number of rotatable bonds is 4. The van der Waals surface area contributed by atoms with E-state index in [1.807, 2.05) is 0 Å². The Hall–Kier alpha value is -1.37. The van der Waals surface area contributed by atoms with E-state index in [-0.39, 0.29) is 17.5 Å². The van der Waals surface area contributed by atoms with Crippen molar-refractivity contribution >= 4 is 27.5 Å². The molecule has 0 spiro atoms. The number of anilines is 1. The van der Waals surface area contributed by atoms with Crippen LogP contribution in [0.2, 0.25) is 0 Å². The van der Waals surface area contributed by atoms with Crippen LogP contribution in [0, 0.1) is 5.92 Å². The van der Waals surface area contributed by atoms with Crippen LogP contribution < -0.4 is 16.2 Å². The van der Waals surface area contributed by atoms with Gasteiger partial charge in [-0.15, -0.1) is 0 Å². The van der Waals surface area contributed by atoms with Crippen molar-refractivity contribution < 1.29 is 4.79 Å². The van der Waals surface area contributed by atoms with Crippen molar-refractivity contribution in [2.24, 2.45) is 5.92 Å². The molecule has 1 aromatic rings. The van der Waals surface area contributed by atoms with Crippen LogP contribution >= 0.6 is 15.9 Å². The van der Waals surface area contributed by atoms with Gasteiger partial charge in [-0.05, 0) is 34.7 Å². The second-order valence-electron chi connectivity index (χ2n) is 5.15. The zero-order valence-electron chi connectivity index (χ0n) is 10.4. The summed E-state index contributed by atoms with van der Waals surface area (Å²) in [5.74, 6) is 0.635. The van der Waals surface area contributed by atoms with E-state index in [2.05, 4.69) is 31.7 Å². The maximum atomic E-state index is 12.1. The average Bonchev–Trinajstić information content (AvgIpc) is 3.11. The monoisotopic (exact) mass is 326 g/mol. The summed E-state index contributed by atoms with van der Waals surface area (Å²) in [4.78, 5) is 23.3. The second kappa shape index (κ2) is 4.96. The van der Waals surface area contributed by atoms with Crippen molar-refractivity contribution in [2.45, 2.75) is 31.8 Å². The van der Waals surface area contributed by atoms with Crippen LogP contribution in [0.25, 0.3) is 0 Å². The predicted octanol–water partition coefficient (Wildman–Crippen LogP) is 0.716. The molecule has 1 atom stereocenters. The van der Waals surface area contributed by atoms with Crippen LogP contribution in [0.4, 0.5) is 5.69 Å². The molecule has 6 nitrogen and oxygen atoms in total. The molecule has 1 aliphatic heterocycles. The van der Waals surface area contributed by atoms with E-state index in [1.54, 1.807) is 6.20 Å². The highest BCUT2D eigenvalue weighted by Crippen LogP contribution is 2.30. The molecule has 0 radical (unpaired) electrons. The Balaban J connectivity index is 1.76. The van der Waals surface area contributed by atoms with Gasteiger partial charge < -0.3 is 10.6 Å². The molecule has 1 aliphatic carbocycles. The van der Waals surface area contributed by atoms with E-state index in [0.29, 0.717) is 35.6 Å². The molecule has 0 aromatic carbocycles. The van der Waals surface area contributed by atoms with E-state index >= 15 is 0 Å². The SMILES string of the molecule is O=C1CC(Nc2cnn(CC3CC3)c(=O)c2Br)CN1. The molecule has 2 heterocycles. The number of nitrogens with zero attached hydrogens (tertiary/aromatic N) is 2. The molecule has 19 heavy (non-hydrogen) atoms. The highest BCUT2D eigenvalue weighted by atomic mass is 79.9. The minimum Gasteiger partial charge on any atom is -0.378 e. The fourth-order valence-corrected chi connectivity index (χ4v) is 2.59. The quantitative estimate of drug-likeness (QED) is 0.854. The predicted molar refractivity (Wildman–Crippen MR) is 74.0 cm³/mol. The first-order valence-corrected chi connectivity index (χ1v) is 7.21. The van der Waals surface area contributed by atoms with Gasteiger partial charge in [0.2, 0.25) is 5.91 Å². The van der Waals surface area contributed by atoms with E-state index in [0.717, 1.165) is 0 Å². The van der Waals surface area contributed by atoms with Crippen molar-refractivity contribution in [3.05, 3.63) is 21.0 Å². The summed E-state index contributed by atoms with van der Waals surface area (Å²) >= 11 is 3.32. The molecule has 1 saturated carbocycles. The molecule has 3 rings (SSSR count). The first-order chi connectivity index (χ1) is 9.13. The largest absolute Gasteiger partial charge is 0.378 e. The van der Waals surface area contributed by atoms with E-state index in [9.17, 15) is 9.59 Å². The lowest BCUT2D eigenvalue weighted by molar-refractivity contribution is -0.119. The Morgan fingerprint density at radius 2 is 2.26 bits per heavy atom. The zero-order chi connectivity index (χ0) is 13.4. The molecule has 1 amide bonds. The van der Waals surface area contributed by atoms with Crippen LogP contribution in [-0.4, -0.2) is 28.3 Å². The molecule has 102 valence electrons. The van der Waals surface area contributed by atoms with Gasteiger partial charge in [-0.3, -0.25) is 9.59 Å². The molecular weight excluding hydrogens is 312 g/mol. The first kappa shape index (κ1) is 12.7. The lowest BCUT2D eigenvalue weighted by Crippen LogP contribution is -2.28. The van der Waals surface area contributed by atoms with Gasteiger partial charge >= 0.3 is 0 Å². The normalized spacial score (nSPS) is 22.4. The van der Waals surface area contributed by atoms with Crippen LogP contribution in [0.5, 0.6) is 0 Å². The van der Waals surface area contributed by atoms with Gasteiger partial charge in [-0.1, -0.05) is 0 Å². The topological polar surface area (TPSA) is 76.0 Å². The maximum Gasteiger partial charge on any atom is 0.283 e. The number of hydrogen-bond donors (Lipinski definition) is 2. The number of aromatic nitrogens is 2. The summed E-state index contributed by atoms with van der Waals surface area (Å²) in [6.45, 7) is 1.28. The maximum absolute atomic E-state index is 12.1. The number of nitrogens with one attached hydrogen (secondary N) is 2. The minimum atomic E-state index is -0.116. The standard InChI is InChI=1S/C12H15BrN4O2/c13-11-9(16-8-3-10(18)14-4-8)5-15-17(12(11)19)6-7-1-2-7/h5,7-8,16H,1-4,6H2,(H,14,18). The summed E-state index contributed by atoms with van der Waals surface area (Å²) in [6.07, 6.45) is 4.44. The third-order valence-corrected chi connectivity index (χ3v) is 4.22. The Labute approximate surface area is 118 Å². The highest BCUT2D eigenvalue weighted by molar-refractivity contribution is 9.10. The number of amides is 1. The van der Waals surface area contributed by atoms with Crippen LogP contribution in [-0.2, 0) is 11.3 Å². The van der Waals surface area contributed by atoms with Gasteiger partial charge in [0.15, 0.2) is 0 Å². The second-order valence-corrected chi connectivity index (χ2v) is 5.95. The number of hydrogen-bond acceptors (Lipinski definition) is 4. The Morgan fingerprint density at radius 1 is 1.47 bits per heavy atom. The van der Waals surface area contributed by atoms with Gasteiger partial charge in [0, 0.05) is 19.5 Å². The van der Waals surface area contributed by atoms with Gasteiger partial charge in [0.25, 0.3) is 5.56 Å². The molecule has 2 fully saturated rings. The molecule has 0 bridgehead atoms. The Bertz CT molecular complexity index is 567. The van der Waals surface area contributed by atoms with Crippen LogP contribution in [0.3, 0.4) is 0 Å². The van der Waals surface area contributed by atoms with Crippen molar-refractivity contribution in [1.82, 2.24) is 15.1 Å². The van der Waals surface area contributed by atoms with E-state index < -0.39 is 0 Å². The van der Waals surface area contributed by atoms with Crippen molar-refractivity contribution in [2.75, 3.05) is 11.9 Å². The number of carbonyl (C=O) groups is 1. The minimum absolute atomic E-state index is 0.0179. The van der Waals surface area contributed by atoms with E-state index in [4.69, 9.17) is 0 Å². The van der Waals surface area contributed by atoms with Crippen molar-refractivity contribution in [1.29, 1.82) is 0 Å². The molecule has 1 unspecified atom stereocenters. The zero-order valence-corrected chi connectivity index (χ0v) is 11.9. The number of halogens is 1. The molecule has 1 saturated heterocycles. The summed E-state index contributed by atoms with van der Waals surface area (Å²) in [7, 11) is 0. The first-order valence-electron chi connectivity index (χ1n) is 6.42. The van der Waals surface area contributed by atoms with Gasteiger partial charge in [0.05, 0.1) is 17.9 Å². The van der Waals surface area contributed by atoms with Crippen LogP contribution in [0.15, 0.2) is 15.5 Å². The lowest BCUT2D eigenvalue weighted by Gasteiger charge is -2.14. The Morgan fingerprint density at radius 3 is 2.89 bits per heavy atom. The van der Waals surface area contributed by atoms with E-state index in [1.165, 1.54) is 17.5 Å². The number of carbonyl (C=O) groups excluding carboxylic acids is 1. The summed E-state index contributed by atoms with van der Waals surface area (Å²) < 4.78 is 1.99. The lowest BCUT2D eigenvalue weighted by atomic mass is 10.2. The van der Waals surface area contributed by atoms with Gasteiger partial charge in [-0.25, -0.2) is 4.68 Å². The van der Waals surface area contributed by atoms with Gasteiger partial charge in [-0.2, -0.15) is 5.10 Å². The van der Waals surface area contributed by atoms with Crippen LogP contribution in [0.1, 0.15) is 19.3 Å². The summed E-state index contributed by atoms with van der Waals surface area (Å²) in [5, 5.41) is 10.1. The molecule has 2 aliphatic rings. The summed E-state index contributed by atoms with van der Waals surface area (Å²) in [5.41, 5.74) is 0.535. The Kier molecular flexibility index (Phi) is 3.30. The molecule has 2 N–H and O–H groups in total.